The Bertz CT molecular complexity index is 489. The number of ketones is 2. The first-order chi connectivity index (χ1) is 7.15. The SMILES string of the molecule is COc1cccc2c1C(=O)C(F)=CC2=O. The summed E-state index contributed by atoms with van der Waals surface area (Å²) in [6.07, 6.45) is 0.699. The van der Waals surface area contributed by atoms with Crippen molar-refractivity contribution in [3.63, 3.8) is 0 Å². The Morgan fingerprint density at radius 3 is 2.67 bits per heavy atom. The third-order valence-electron chi connectivity index (χ3n) is 2.21. The second kappa shape index (κ2) is 3.31. The van der Waals surface area contributed by atoms with E-state index in [0.29, 0.717) is 6.08 Å². The van der Waals surface area contributed by atoms with Crippen LogP contribution in [0.2, 0.25) is 0 Å². The average Bonchev–Trinajstić information content (AvgIpc) is 2.25. The highest BCUT2D eigenvalue weighted by Gasteiger charge is 2.28. The van der Waals surface area contributed by atoms with E-state index in [2.05, 4.69) is 0 Å². The van der Waals surface area contributed by atoms with E-state index in [-0.39, 0.29) is 16.9 Å². The van der Waals surface area contributed by atoms with E-state index in [1.165, 1.54) is 19.2 Å². The molecule has 0 spiro atoms. The van der Waals surface area contributed by atoms with E-state index in [4.69, 9.17) is 4.74 Å². The molecule has 0 saturated carbocycles. The van der Waals surface area contributed by atoms with Crippen LogP contribution in [0.5, 0.6) is 5.75 Å². The van der Waals surface area contributed by atoms with Gasteiger partial charge in [0.15, 0.2) is 11.6 Å². The van der Waals surface area contributed by atoms with Crippen molar-refractivity contribution in [3.05, 3.63) is 41.2 Å². The summed E-state index contributed by atoms with van der Waals surface area (Å²) in [5, 5.41) is 0. The molecule has 0 aliphatic heterocycles. The van der Waals surface area contributed by atoms with Crippen LogP contribution < -0.4 is 4.74 Å². The van der Waals surface area contributed by atoms with Gasteiger partial charge in [-0.15, -0.1) is 0 Å². The van der Waals surface area contributed by atoms with Gasteiger partial charge in [-0.05, 0) is 6.07 Å². The van der Waals surface area contributed by atoms with Crippen molar-refractivity contribution in [1.82, 2.24) is 0 Å². The van der Waals surface area contributed by atoms with Crippen LogP contribution in [-0.2, 0) is 0 Å². The zero-order valence-electron chi connectivity index (χ0n) is 7.91. The number of ether oxygens (including phenoxy) is 1. The van der Waals surface area contributed by atoms with Gasteiger partial charge in [-0.3, -0.25) is 9.59 Å². The van der Waals surface area contributed by atoms with Gasteiger partial charge >= 0.3 is 0 Å². The lowest BCUT2D eigenvalue weighted by Crippen LogP contribution is -2.16. The lowest BCUT2D eigenvalue weighted by atomic mass is 9.93. The predicted molar refractivity (Wildman–Crippen MR) is 50.8 cm³/mol. The van der Waals surface area contributed by atoms with Crippen LogP contribution in [0.25, 0.3) is 0 Å². The van der Waals surface area contributed by atoms with E-state index in [1.807, 2.05) is 0 Å². The van der Waals surface area contributed by atoms with E-state index >= 15 is 0 Å². The molecule has 0 radical (unpaired) electrons. The molecule has 0 heterocycles. The summed E-state index contributed by atoms with van der Waals surface area (Å²) in [4.78, 5) is 22.9. The summed E-state index contributed by atoms with van der Waals surface area (Å²) in [6, 6.07) is 4.57. The second-order valence-corrected chi connectivity index (χ2v) is 3.07. The van der Waals surface area contributed by atoms with E-state index < -0.39 is 17.4 Å². The minimum Gasteiger partial charge on any atom is -0.496 e. The van der Waals surface area contributed by atoms with Crippen LogP contribution in [0.3, 0.4) is 0 Å². The van der Waals surface area contributed by atoms with Crippen molar-refractivity contribution in [3.8, 4) is 5.75 Å². The average molecular weight is 206 g/mol. The van der Waals surface area contributed by atoms with Gasteiger partial charge in [0, 0.05) is 11.6 Å². The molecule has 76 valence electrons. The molecular formula is C11H7FO3. The summed E-state index contributed by atoms with van der Waals surface area (Å²) >= 11 is 0. The van der Waals surface area contributed by atoms with Gasteiger partial charge in [-0.25, -0.2) is 4.39 Å². The first-order valence-corrected chi connectivity index (χ1v) is 4.28. The molecular weight excluding hydrogens is 199 g/mol. The van der Waals surface area contributed by atoms with Crippen molar-refractivity contribution in [2.45, 2.75) is 0 Å². The number of fused-ring (bicyclic) bond motifs is 1. The van der Waals surface area contributed by atoms with Crippen LogP contribution in [-0.4, -0.2) is 18.7 Å². The molecule has 3 nitrogen and oxygen atoms in total. The topological polar surface area (TPSA) is 43.4 Å². The fourth-order valence-corrected chi connectivity index (χ4v) is 1.52. The summed E-state index contributed by atoms with van der Waals surface area (Å²) in [5.41, 5.74) is 0.186. The predicted octanol–water partition coefficient (Wildman–Crippen LogP) is 1.93. The number of allylic oxidation sites excluding steroid dienone is 2. The van der Waals surface area contributed by atoms with Gasteiger partial charge in [-0.2, -0.15) is 0 Å². The van der Waals surface area contributed by atoms with Crippen molar-refractivity contribution >= 4 is 11.6 Å². The zero-order chi connectivity index (χ0) is 11.0. The molecule has 4 heteroatoms. The minimum absolute atomic E-state index is 0.00463. The lowest BCUT2D eigenvalue weighted by molar-refractivity contribution is 0.0960. The normalized spacial score (nSPS) is 14.7. The van der Waals surface area contributed by atoms with Crippen LogP contribution in [0, 0.1) is 0 Å². The monoisotopic (exact) mass is 206 g/mol. The first-order valence-electron chi connectivity index (χ1n) is 4.28. The molecule has 1 aliphatic carbocycles. The van der Waals surface area contributed by atoms with Gasteiger partial charge in [0.1, 0.15) is 5.75 Å². The Hall–Kier alpha value is -1.97. The third-order valence-corrected chi connectivity index (χ3v) is 2.21. The summed E-state index contributed by atoms with van der Waals surface area (Å²) < 4.78 is 18.0. The van der Waals surface area contributed by atoms with Gasteiger partial charge in [0.25, 0.3) is 0 Å². The number of carbonyl (C=O) groups is 2. The van der Waals surface area contributed by atoms with Crippen molar-refractivity contribution < 1.29 is 18.7 Å². The number of hydrogen-bond donors (Lipinski definition) is 0. The molecule has 1 aromatic rings. The number of Topliss-reactive ketones (excluding diaryl/α,β-unsaturated/α-hetero) is 1. The molecule has 2 rings (SSSR count). The Morgan fingerprint density at radius 1 is 1.27 bits per heavy atom. The van der Waals surface area contributed by atoms with Gasteiger partial charge < -0.3 is 4.74 Å². The van der Waals surface area contributed by atoms with E-state index in [1.54, 1.807) is 6.07 Å². The molecule has 0 bridgehead atoms. The molecule has 0 atom stereocenters. The van der Waals surface area contributed by atoms with Crippen LogP contribution in [0.4, 0.5) is 4.39 Å². The molecule has 0 fully saturated rings. The molecule has 0 unspecified atom stereocenters. The smallest absolute Gasteiger partial charge is 0.225 e. The standard InChI is InChI=1S/C11H7FO3/c1-15-9-4-2-3-6-8(13)5-7(12)11(14)10(6)9/h2-5H,1H3. The quantitative estimate of drug-likeness (QED) is 0.705. The Morgan fingerprint density at radius 2 is 2.00 bits per heavy atom. The molecule has 0 aromatic heterocycles. The summed E-state index contributed by atoms with van der Waals surface area (Å²) in [7, 11) is 1.36. The highest BCUT2D eigenvalue weighted by Crippen LogP contribution is 2.29. The number of carbonyl (C=O) groups excluding carboxylic acids is 2. The van der Waals surface area contributed by atoms with Gasteiger partial charge in [-0.1, -0.05) is 12.1 Å². The van der Waals surface area contributed by atoms with Crippen molar-refractivity contribution in [2.24, 2.45) is 0 Å². The van der Waals surface area contributed by atoms with Crippen LogP contribution >= 0.6 is 0 Å². The Kier molecular flexibility index (Phi) is 2.11. The maximum Gasteiger partial charge on any atom is 0.225 e. The van der Waals surface area contributed by atoms with Crippen molar-refractivity contribution in [1.29, 1.82) is 0 Å². The molecule has 0 amide bonds. The van der Waals surface area contributed by atoms with E-state index in [9.17, 15) is 14.0 Å². The summed E-state index contributed by atoms with van der Waals surface area (Å²) in [5.74, 6) is -2.14. The van der Waals surface area contributed by atoms with E-state index in [0.717, 1.165) is 0 Å². The van der Waals surface area contributed by atoms with Gasteiger partial charge in [0.05, 0.1) is 12.7 Å². The molecule has 15 heavy (non-hydrogen) atoms. The number of hydrogen-bond acceptors (Lipinski definition) is 3. The Balaban J connectivity index is 2.72. The second-order valence-electron chi connectivity index (χ2n) is 3.07. The number of halogens is 1. The maximum absolute atomic E-state index is 13.1. The summed E-state index contributed by atoms with van der Waals surface area (Å²) in [6.45, 7) is 0. The lowest BCUT2D eigenvalue weighted by Gasteiger charge is -2.13. The molecule has 1 aliphatic rings. The number of methoxy groups -OCH3 is 1. The maximum atomic E-state index is 13.1. The van der Waals surface area contributed by atoms with Crippen LogP contribution in [0.15, 0.2) is 30.1 Å². The molecule has 0 saturated heterocycles. The fraction of sp³-hybridized carbons (Fsp3) is 0.0909. The number of rotatable bonds is 1. The number of benzene rings is 1. The highest BCUT2D eigenvalue weighted by atomic mass is 19.1. The Labute approximate surface area is 85.2 Å². The first kappa shape index (κ1) is 9.58. The van der Waals surface area contributed by atoms with Gasteiger partial charge in [0.2, 0.25) is 5.78 Å². The third kappa shape index (κ3) is 1.34. The highest BCUT2D eigenvalue weighted by molar-refractivity contribution is 6.24. The largest absolute Gasteiger partial charge is 0.496 e. The fourth-order valence-electron chi connectivity index (χ4n) is 1.52. The van der Waals surface area contributed by atoms with Crippen molar-refractivity contribution in [2.75, 3.05) is 7.11 Å². The molecule has 1 aromatic carbocycles. The molecule has 0 N–H and O–H groups in total. The zero-order valence-corrected chi connectivity index (χ0v) is 7.91. The van der Waals surface area contributed by atoms with Crippen LogP contribution in [0.1, 0.15) is 20.7 Å². The minimum atomic E-state index is -1.04.